The third kappa shape index (κ3) is 3.00. The van der Waals surface area contributed by atoms with Gasteiger partial charge in [-0.3, -0.25) is 4.57 Å². The van der Waals surface area contributed by atoms with Gasteiger partial charge >= 0.3 is 11.8 Å². The molecule has 1 unspecified atom stereocenters. The van der Waals surface area contributed by atoms with Gasteiger partial charge in [0.25, 0.3) is 0 Å². The molecular weight excluding hydrogens is 281 g/mol. The van der Waals surface area contributed by atoms with Gasteiger partial charge in [0.2, 0.25) is 0 Å². The Hall–Kier alpha value is -2.48. The molecule has 1 aromatic heterocycles. The van der Waals surface area contributed by atoms with Crippen molar-refractivity contribution in [3.8, 4) is 6.01 Å². The van der Waals surface area contributed by atoms with Gasteiger partial charge in [0, 0.05) is 4.98 Å². The summed E-state index contributed by atoms with van der Waals surface area (Å²) >= 11 is 0. The molecule has 0 bridgehead atoms. The van der Waals surface area contributed by atoms with Crippen LogP contribution in [0.25, 0.3) is 0 Å². The highest BCUT2D eigenvalue weighted by Gasteiger charge is 2.28. The fraction of sp³-hybridized carbons (Fsp3) is 0.308. The quantitative estimate of drug-likeness (QED) is 0.635. The molecule has 7 nitrogen and oxygen atoms in total. The Labute approximate surface area is 119 Å². The lowest BCUT2D eigenvalue weighted by Crippen LogP contribution is -2.32. The monoisotopic (exact) mass is 293 g/mol. The molecular formula is C13H12FN3O4. The Kier molecular flexibility index (Phi) is 3.53. The number of benzene rings is 1. The van der Waals surface area contributed by atoms with Gasteiger partial charge in [0.15, 0.2) is 0 Å². The van der Waals surface area contributed by atoms with E-state index in [1.807, 2.05) is 0 Å². The summed E-state index contributed by atoms with van der Waals surface area (Å²) in [6.07, 6.45) is 1.08. The van der Waals surface area contributed by atoms with Crippen molar-refractivity contribution >= 4 is 5.82 Å². The second-order valence-corrected chi connectivity index (χ2v) is 4.66. The second kappa shape index (κ2) is 5.49. The van der Waals surface area contributed by atoms with E-state index >= 15 is 0 Å². The SMILES string of the molecule is O=[N+]([O-])c1cn2c(n1)OCC(OCc1ccc(F)cc1)C2. The summed E-state index contributed by atoms with van der Waals surface area (Å²) in [6, 6.07) is 6.25. The zero-order valence-electron chi connectivity index (χ0n) is 10.9. The van der Waals surface area contributed by atoms with E-state index in [0.29, 0.717) is 13.2 Å². The summed E-state index contributed by atoms with van der Waals surface area (Å²) in [5.74, 6) is -0.542. The largest absolute Gasteiger partial charge is 0.443 e. The number of rotatable bonds is 4. The van der Waals surface area contributed by atoms with Crippen molar-refractivity contribution in [3.05, 3.63) is 52.0 Å². The van der Waals surface area contributed by atoms with Crippen LogP contribution < -0.4 is 4.74 Å². The van der Waals surface area contributed by atoms with Crippen molar-refractivity contribution in [2.45, 2.75) is 19.3 Å². The van der Waals surface area contributed by atoms with Gasteiger partial charge in [-0.05, 0) is 22.6 Å². The lowest BCUT2D eigenvalue weighted by Gasteiger charge is -2.22. The Bertz CT molecular complexity index is 656. The minimum Gasteiger partial charge on any atom is -0.443 e. The van der Waals surface area contributed by atoms with Crippen LogP contribution in [0.15, 0.2) is 30.5 Å². The van der Waals surface area contributed by atoms with E-state index in [1.54, 1.807) is 16.7 Å². The van der Waals surface area contributed by atoms with Crippen LogP contribution in [0.2, 0.25) is 0 Å². The molecule has 21 heavy (non-hydrogen) atoms. The van der Waals surface area contributed by atoms with Crippen molar-refractivity contribution in [1.82, 2.24) is 9.55 Å². The van der Waals surface area contributed by atoms with E-state index in [-0.39, 0.29) is 30.4 Å². The first kappa shape index (κ1) is 13.5. The maximum Gasteiger partial charge on any atom is 0.414 e. The van der Waals surface area contributed by atoms with Gasteiger partial charge in [-0.2, -0.15) is 0 Å². The Morgan fingerprint density at radius 2 is 2.24 bits per heavy atom. The van der Waals surface area contributed by atoms with Gasteiger partial charge in [0.05, 0.1) is 13.2 Å². The summed E-state index contributed by atoms with van der Waals surface area (Å²) in [5.41, 5.74) is 0.846. The summed E-state index contributed by atoms with van der Waals surface area (Å²) in [6.45, 7) is 1.02. The molecule has 0 aliphatic carbocycles. The van der Waals surface area contributed by atoms with Crippen LogP contribution in [0, 0.1) is 15.9 Å². The van der Waals surface area contributed by atoms with E-state index in [4.69, 9.17) is 9.47 Å². The molecule has 0 radical (unpaired) electrons. The molecule has 0 amide bonds. The molecule has 2 aromatic rings. The smallest absolute Gasteiger partial charge is 0.414 e. The molecule has 0 saturated heterocycles. The van der Waals surface area contributed by atoms with E-state index in [1.165, 1.54) is 18.3 Å². The molecule has 1 aliphatic heterocycles. The topological polar surface area (TPSA) is 79.4 Å². The normalized spacial score (nSPS) is 17.1. The zero-order valence-corrected chi connectivity index (χ0v) is 10.9. The van der Waals surface area contributed by atoms with Crippen LogP contribution in [0.3, 0.4) is 0 Å². The number of hydrogen-bond donors (Lipinski definition) is 0. The van der Waals surface area contributed by atoms with Crippen LogP contribution >= 0.6 is 0 Å². The highest BCUT2D eigenvalue weighted by Crippen LogP contribution is 2.22. The van der Waals surface area contributed by atoms with Crippen LogP contribution in [0.5, 0.6) is 6.01 Å². The molecule has 1 aliphatic rings. The number of ether oxygens (including phenoxy) is 2. The first-order chi connectivity index (χ1) is 10.1. The van der Waals surface area contributed by atoms with E-state index in [2.05, 4.69) is 4.98 Å². The standard InChI is InChI=1S/C13H12FN3O4/c14-10-3-1-9(2-4-10)7-20-11-5-16-6-12(17(18)19)15-13(16)21-8-11/h1-4,6,11H,5,7-8H2. The molecule has 8 heteroatoms. The molecule has 1 aromatic carbocycles. The Balaban J connectivity index is 1.61. The number of halogens is 1. The highest BCUT2D eigenvalue weighted by atomic mass is 19.1. The fourth-order valence-electron chi connectivity index (χ4n) is 2.05. The molecule has 0 fully saturated rings. The van der Waals surface area contributed by atoms with Crippen molar-refractivity contribution in [3.63, 3.8) is 0 Å². The van der Waals surface area contributed by atoms with Crippen molar-refractivity contribution in [1.29, 1.82) is 0 Å². The van der Waals surface area contributed by atoms with Gasteiger partial charge in [-0.25, -0.2) is 4.39 Å². The van der Waals surface area contributed by atoms with Crippen molar-refractivity contribution < 1.29 is 18.8 Å². The molecule has 0 N–H and O–H groups in total. The number of nitro groups is 1. The maximum absolute atomic E-state index is 12.8. The predicted octanol–water partition coefficient (Wildman–Crippen LogP) is 1.91. The van der Waals surface area contributed by atoms with Gasteiger partial charge < -0.3 is 19.6 Å². The van der Waals surface area contributed by atoms with Gasteiger partial charge in [0.1, 0.15) is 24.7 Å². The van der Waals surface area contributed by atoms with Crippen molar-refractivity contribution in [2.75, 3.05) is 6.61 Å². The Morgan fingerprint density at radius 1 is 1.48 bits per heavy atom. The average molecular weight is 293 g/mol. The molecule has 2 heterocycles. The van der Waals surface area contributed by atoms with E-state index in [0.717, 1.165) is 5.56 Å². The lowest BCUT2D eigenvalue weighted by molar-refractivity contribution is -0.389. The first-order valence-corrected chi connectivity index (χ1v) is 6.32. The third-order valence-electron chi connectivity index (χ3n) is 3.11. The summed E-state index contributed by atoms with van der Waals surface area (Å²) < 4.78 is 25.3. The first-order valence-electron chi connectivity index (χ1n) is 6.32. The van der Waals surface area contributed by atoms with Gasteiger partial charge in [-0.1, -0.05) is 12.1 Å². The number of nitrogens with zero attached hydrogens (tertiary/aromatic N) is 3. The number of hydrogen-bond acceptors (Lipinski definition) is 5. The summed E-state index contributed by atoms with van der Waals surface area (Å²) in [5, 5.41) is 10.7. The van der Waals surface area contributed by atoms with Crippen molar-refractivity contribution in [2.24, 2.45) is 0 Å². The molecule has 0 spiro atoms. The Morgan fingerprint density at radius 3 is 2.95 bits per heavy atom. The minimum absolute atomic E-state index is 0.225. The number of imidazole rings is 1. The van der Waals surface area contributed by atoms with Crippen LogP contribution in [0.4, 0.5) is 10.2 Å². The maximum atomic E-state index is 12.8. The van der Waals surface area contributed by atoms with Crippen LogP contribution in [0.1, 0.15) is 5.56 Å². The summed E-state index contributed by atoms with van der Waals surface area (Å²) in [7, 11) is 0. The number of aromatic nitrogens is 2. The minimum atomic E-state index is -0.566. The van der Waals surface area contributed by atoms with Crippen LogP contribution in [-0.2, 0) is 17.9 Å². The summed E-state index contributed by atoms with van der Waals surface area (Å²) in [4.78, 5) is 13.8. The third-order valence-corrected chi connectivity index (χ3v) is 3.11. The zero-order chi connectivity index (χ0) is 14.8. The highest BCUT2D eigenvalue weighted by molar-refractivity contribution is 5.21. The molecule has 1 atom stereocenters. The fourth-order valence-corrected chi connectivity index (χ4v) is 2.05. The second-order valence-electron chi connectivity index (χ2n) is 4.66. The number of fused-ring (bicyclic) bond motifs is 1. The lowest BCUT2D eigenvalue weighted by atomic mass is 10.2. The molecule has 3 rings (SSSR count). The predicted molar refractivity (Wildman–Crippen MR) is 69.4 cm³/mol. The van der Waals surface area contributed by atoms with E-state index < -0.39 is 4.92 Å². The van der Waals surface area contributed by atoms with Gasteiger partial charge in [-0.15, -0.1) is 0 Å². The molecule has 110 valence electrons. The average Bonchev–Trinajstić information content (AvgIpc) is 2.90. The molecule has 0 saturated carbocycles. The van der Waals surface area contributed by atoms with E-state index in [9.17, 15) is 14.5 Å². The van der Waals surface area contributed by atoms with Crippen LogP contribution in [-0.4, -0.2) is 27.2 Å².